The van der Waals surface area contributed by atoms with Crippen molar-refractivity contribution < 1.29 is 0 Å². The molecular formula is C14H22N4. The predicted molar refractivity (Wildman–Crippen MR) is 75.5 cm³/mol. The van der Waals surface area contributed by atoms with Gasteiger partial charge in [-0.3, -0.25) is 0 Å². The van der Waals surface area contributed by atoms with E-state index in [1.807, 2.05) is 17.9 Å². The number of nitrogens with zero attached hydrogens (tertiary/aromatic N) is 2. The lowest BCUT2D eigenvalue weighted by atomic mass is 10.1. The molecule has 0 aliphatic heterocycles. The fourth-order valence-corrected chi connectivity index (χ4v) is 2.00. The molecule has 1 heterocycles. The van der Waals surface area contributed by atoms with Crippen LogP contribution in [0.3, 0.4) is 0 Å². The predicted octanol–water partition coefficient (Wildman–Crippen LogP) is 1.30. The zero-order valence-corrected chi connectivity index (χ0v) is 11.2. The number of hydrogen-bond acceptors (Lipinski definition) is 3. The average molecular weight is 246 g/mol. The Bertz CT molecular complexity index is 503. The first-order chi connectivity index (χ1) is 8.70. The van der Waals surface area contributed by atoms with Gasteiger partial charge in [-0.25, -0.2) is 4.98 Å². The van der Waals surface area contributed by atoms with E-state index in [0.29, 0.717) is 5.92 Å². The molecule has 1 atom stereocenters. The summed E-state index contributed by atoms with van der Waals surface area (Å²) >= 11 is 0. The Morgan fingerprint density at radius 2 is 2.28 bits per heavy atom. The van der Waals surface area contributed by atoms with Gasteiger partial charge in [0.05, 0.1) is 17.4 Å². The summed E-state index contributed by atoms with van der Waals surface area (Å²) in [6.07, 6.45) is 2.89. The van der Waals surface area contributed by atoms with Crippen LogP contribution >= 0.6 is 0 Å². The minimum absolute atomic E-state index is 0.545. The molecule has 3 N–H and O–H groups in total. The highest BCUT2D eigenvalue weighted by molar-refractivity contribution is 5.75. The second-order valence-corrected chi connectivity index (χ2v) is 4.97. The normalized spacial score (nSPS) is 13.1. The van der Waals surface area contributed by atoms with E-state index >= 15 is 0 Å². The van der Waals surface area contributed by atoms with Gasteiger partial charge >= 0.3 is 0 Å². The number of hydrogen-bond donors (Lipinski definition) is 2. The Morgan fingerprint density at radius 1 is 1.44 bits per heavy atom. The molecule has 0 aliphatic carbocycles. The average Bonchev–Trinajstić information content (AvgIpc) is 2.76. The van der Waals surface area contributed by atoms with Crippen LogP contribution in [0.25, 0.3) is 11.0 Å². The maximum atomic E-state index is 5.58. The molecular weight excluding hydrogens is 224 g/mol. The molecule has 0 amide bonds. The van der Waals surface area contributed by atoms with Gasteiger partial charge in [0.2, 0.25) is 0 Å². The Kier molecular flexibility index (Phi) is 4.33. The topological polar surface area (TPSA) is 55.9 Å². The number of aromatic nitrogens is 2. The quantitative estimate of drug-likeness (QED) is 0.755. The summed E-state index contributed by atoms with van der Waals surface area (Å²) in [6.45, 7) is 4.88. The van der Waals surface area contributed by atoms with Gasteiger partial charge in [0.25, 0.3) is 0 Å². The van der Waals surface area contributed by atoms with Gasteiger partial charge < -0.3 is 15.6 Å². The van der Waals surface area contributed by atoms with E-state index in [2.05, 4.69) is 35.4 Å². The molecule has 4 nitrogen and oxygen atoms in total. The number of aryl methyl sites for hydroxylation is 1. The van der Waals surface area contributed by atoms with Crippen molar-refractivity contribution in [3.05, 3.63) is 30.1 Å². The molecule has 18 heavy (non-hydrogen) atoms. The van der Waals surface area contributed by atoms with Crippen molar-refractivity contribution in [3.8, 4) is 0 Å². The lowest BCUT2D eigenvalue weighted by molar-refractivity contribution is 0.524. The smallest absolute Gasteiger partial charge is 0.0955 e. The monoisotopic (exact) mass is 246 g/mol. The standard InChI is InChI=1S/C14H22N4/c1-11(8-15)9-16-6-5-12-3-4-14-13(7-12)17-10-18(14)2/h3-4,7,10-11,16H,5-6,8-9,15H2,1-2H3. The minimum atomic E-state index is 0.545. The summed E-state index contributed by atoms with van der Waals surface area (Å²) in [6, 6.07) is 6.49. The van der Waals surface area contributed by atoms with Crippen LogP contribution in [0.15, 0.2) is 24.5 Å². The summed E-state index contributed by atoms with van der Waals surface area (Å²) in [5, 5.41) is 3.43. The Balaban J connectivity index is 1.88. The van der Waals surface area contributed by atoms with Crippen LogP contribution in [0, 0.1) is 5.92 Å². The lowest BCUT2D eigenvalue weighted by Crippen LogP contribution is -2.27. The van der Waals surface area contributed by atoms with E-state index in [1.165, 1.54) is 11.1 Å². The minimum Gasteiger partial charge on any atom is -0.334 e. The maximum absolute atomic E-state index is 5.58. The Hall–Kier alpha value is -1.39. The van der Waals surface area contributed by atoms with Crippen molar-refractivity contribution in [1.29, 1.82) is 0 Å². The number of imidazole rings is 1. The van der Waals surface area contributed by atoms with E-state index in [0.717, 1.165) is 31.6 Å². The molecule has 0 spiro atoms. The summed E-state index contributed by atoms with van der Waals surface area (Å²) < 4.78 is 2.04. The van der Waals surface area contributed by atoms with Crippen molar-refractivity contribution in [2.75, 3.05) is 19.6 Å². The van der Waals surface area contributed by atoms with Gasteiger partial charge in [-0.1, -0.05) is 13.0 Å². The van der Waals surface area contributed by atoms with Crippen molar-refractivity contribution in [3.63, 3.8) is 0 Å². The van der Waals surface area contributed by atoms with Gasteiger partial charge in [-0.05, 0) is 49.7 Å². The highest BCUT2D eigenvalue weighted by atomic mass is 15.0. The molecule has 4 heteroatoms. The highest BCUT2D eigenvalue weighted by Crippen LogP contribution is 2.13. The third-order valence-corrected chi connectivity index (χ3v) is 3.28. The van der Waals surface area contributed by atoms with Crippen molar-refractivity contribution >= 4 is 11.0 Å². The molecule has 0 bridgehead atoms. The van der Waals surface area contributed by atoms with Crippen LogP contribution < -0.4 is 11.1 Å². The molecule has 2 rings (SSSR count). The molecule has 0 saturated carbocycles. The van der Waals surface area contributed by atoms with Gasteiger partial charge in [0.15, 0.2) is 0 Å². The van der Waals surface area contributed by atoms with Crippen molar-refractivity contribution in [2.45, 2.75) is 13.3 Å². The molecule has 1 unspecified atom stereocenters. The Labute approximate surface area is 108 Å². The van der Waals surface area contributed by atoms with E-state index < -0.39 is 0 Å². The molecule has 0 aliphatic rings. The fraction of sp³-hybridized carbons (Fsp3) is 0.500. The number of benzene rings is 1. The largest absolute Gasteiger partial charge is 0.334 e. The summed E-state index contributed by atoms with van der Waals surface area (Å²) in [7, 11) is 2.02. The first-order valence-corrected chi connectivity index (χ1v) is 6.51. The maximum Gasteiger partial charge on any atom is 0.0955 e. The second-order valence-electron chi connectivity index (χ2n) is 4.97. The van der Waals surface area contributed by atoms with Crippen LogP contribution in [0.2, 0.25) is 0 Å². The van der Waals surface area contributed by atoms with Gasteiger partial charge in [-0.15, -0.1) is 0 Å². The van der Waals surface area contributed by atoms with Crippen molar-refractivity contribution in [1.82, 2.24) is 14.9 Å². The third kappa shape index (κ3) is 3.09. The molecule has 0 fully saturated rings. The van der Waals surface area contributed by atoms with Crippen molar-refractivity contribution in [2.24, 2.45) is 18.7 Å². The molecule has 0 radical (unpaired) electrons. The van der Waals surface area contributed by atoms with E-state index in [1.54, 1.807) is 0 Å². The van der Waals surface area contributed by atoms with Gasteiger partial charge in [0.1, 0.15) is 0 Å². The fourth-order valence-electron chi connectivity index (χ4n) is 2.00. The van der Waals surface area contributed by atoms with Crippen LogP contribution in [0.1, 0.15) is 12.5 Å². The summed E-state index contributed by atoms with van der Waals surface area (Å²) in [4.78, 5) is 4.37. The zero-order chi connectivity index (χ0) is 13.0. The van der Waals surface area contributed by atoms with Gasteiger partial charge in [-0.2, -0.15) is 0 Å². The zero-order valence-electron chi connectivity index (χ0n) is 11.2. The lowest BCUT2D eigenvalue weighted by Gasteiger charge is -2.09. The summed E-state index contributed by atoms with van der Waals surface area (Å²) in [5.41, 5.74) is 9.17. The SMILES string of the molecule is CC(CN)CNCCc1ccc2c(c1)ncn2C. The Morgan fingerprint density at radius 3 is 3.06 bits per heavy atom. The first-order valence-electron chi connectivity index (χ1n) is 6.51. The number of nitrogens with one attached hydrogen (secondary N) is 1. The number of nitrogens with two attached hydrogens (primary N) is 1. The van der Waals surface area contributed by atoms with E-state index in [4.69, 9.17) is 5.73 Å². The van der Waals surface area contributed by atoms with E-state index in [-0.39, 0.29) is 0 Å². The molecule has 98 valence electrons. The van der Waals surface area contributed by atoms with Crippen LogP contribution in [0.4, 0.5) is 0 Å². The second kappa shape index (κ2) is 5.98. The van der Waals surface area contributed by atoms with Crippen LogP contribution in [-0.2, 0) is 13.5 Å². The van der Waals surface area contributed by atoms with Gasteiger partial charge in [0, 0.05) is 7.05 Å². The van der Waals surface area contributed by atoms with E-state index in [9.17, 15) is 0 Å². The number of rotatable bonds is 6. The first kappa shape index (κ1) is 13.1. The number of fused-ring (bicyclic) bond motifs is 1. The highest BCUT2D eigenvalue weighted by Gasteiger charge is 2.02. The van der Waals surface area contributed by atoms with Crippen LogP contribution in [0.5, 0.6) is 0 Å². The third-order valence-electron chi connectivity index (χ3n) is 3.28. The molecule has 1 aromatic heterocycles. The molecule has 1 aromatic carbocycles. The molecule has 0 saturated heterocycles. The summed E-state index contributed by atoms with van der Waals surface area (Å²) in [5.74, 6) is 0.545. The molecule has 2 aromatic rings. The van der Waals surface area contributed by atoms with Crippen LogP contribution in [-0.4, -0.2) is 29.2 Å².